The molecule has 146 valence electrons. The number of hydrogen-bond donors (Lipinski definition) is 2. The Kier molecular flexibility index (Phi) is 5.39. The maximum Gasteiger partial charge on any atom is 0.417 e. The van der Waals surface area contributed by atoms with Gasteiger partial charge in [0.05, 0.1) is 34.5 Å². The summed E-state index contributed by atoms with van der Waals surface area (Å²) in [5, 5.41) is 15.2. The Balaban J connectivity index is 2.10. The van der Waals surface area contributed by atoms with Crippen LogP contribution in [0.3, 0.4) is 0 Å². The molecule has 10 heteroatoms. The number of amides is 1. The van der Waals surface area contributed by atoms with Crippen LogP contribution >= 0.6 is 11.6 Å². The highest BCUT2D eigenvalue weighted by Crippen LogP contribution is 2.35. The summed E-state index contributed by atoms with van der Waals surface area (Å²) in [5.74, 6) is -1.58. The monoisotopic (exact) mass is 411 g/mol. The van der Waals surface area contributed by atoms with Crippen molar-refractivity contribution < 1.29 is 27.9 Å². The molecule has 0 aliphatic carbocycles. The number of carbonyl (C=O) groups is 2. The Morgan fingerprint density at radius 2 is 1.96 bits per heavy atom. The van der Waals surface area contributed by atoms with Crippen LogP contribution in [0.1, 0.15) is 26.3 Å². The normalized spacial score (nSPS) is 11.6. The lowest BCUT2D eigenvalue weighted by Crippen LogP contribution is -2.26. The number of benzene rings is 2. The second-order valence-corrected chi connectivity index (χ2v) is 6.18. The molecular weight excluding hydrogens is 399 g/mol. The van der Waals surface area contributed by atoms with Crippen LogP contribution < -0.4 is 5.32 Å². The minimum Gasteiger partial charge on any atom is -0.395 e. The fourth-order valence-corrected chi connectivity index (χ4v) is 2.93. The zero-order chi connectivity index (χ0) is 20.5. The molecule has 1 heterocycles. The maximum absolute atomic E-state index is 13.3. The first kappa shape index (κ1) is 19.8. The van der Waals surface area contributed by atoms with Crippen molar-refractivity contribution in [1.29, 1.82) is 0 Å². The van der Waals surface area contributed by atoms with E-state index in [1.165, 1.54) is 30.5 Å². The van der Waals surface area contributed by atoms with Gasteiger partial charge in [-0.1, -0.05) is 23.7 Å². The summed E-state index contributed by atoms with van der Waals surface area (Å²) >= 11 is 5.89. The van der Waals surface area contributed by atoms with E-state index in [1.54, 1.807) is 0 Å². The molecule has 0 aliphatic rings. The highest BCUT2D eigenvalue weighted by Gasteiger charge is 2.37. The Bertz CT molecular complexity index is 1060. The van der Waals surface area contributed by atoms with Gasteiger partial charge in [0.2, 0.25) is 0 Å². The van der Waals surface area contributed by atoms with Crippen LogP contribution in [0.25, 0.3) is 10.9 Å². The number of halogens is 4. The van der Waals surface area contributed by atoms with Crippen molar-refractivity contribution in [3.8, 4) is 0 Å². The summed E-state index contributed by atoms with van der Waals surface area (Å²) in [4.78, 5) is 24.9. The van der Waals surface area contributed by atoms with Gasteiger partial charge in [0, 0.05) is 17.5 Å². The molecule has 1 aromatic heterocycles. The van der Waals surface area contributed by atoms with Gasteiger partial charge in [-0.15, -0.1) is 0 Å². The summed E-state index contributed by atoms with van der Waals surface area (Å²) in [7, 11) is 0. The van der Waals surface area contributed by atoms with Crippen LogP contribution in [-0.4, -0.2) is 39.9 Å². The molecule has 0 fully saturated rings. The van der Waals surface area contributed by atoms with Crippen LogP contribution in [0.5, 0.6) is 0 Å². The first-order valence-corrected chi connectivity index (χ1v) is 8.39. The lowest BCUT2D eigenvalue weighted by molar-refractivity contribution is -0.137. The third-order valence-electron chi connectivity index (χ3n) is 3.96. The van der Waals surface area contributed by atoms with Crippen molar-refractivity contribution in [2.75, 3.05) is 13.2 Å². The quantitative estimate of drug-likeness (QED) is 0.691. The summed E-state index contributed by atoms with van der Waals surface area (Å²) in [6.45, 7) is -0.221. The van der Waals surface area contributed by atoms with Gasteiger partial charge in [0.15, 0.2) is 0 Å². The molecule has 0 saturated carbocycles. The molecule has 0 spiro atoms. The summed E-state index contributed by atoms with van der Waals surface area (Å²) < 4.78 is 40.7. The van der Waals surface area contributed by atoms with Crippen LogP contribution in [0.4, 0.5) is 13.2 Å². The Morgan fingerprint density at radius 1 is 1.21 bits per heavy atom. The predicted octanol–water partition coefficient (Wildman–Crippen LogP) is 3.12. The van der Waals surface area contributed by atoms with Crippen molar-refractivity contribution in [3.63, 3.8) is 0 Å². The van der Waals surface area contributed by atoms with Gasteiger partial charge in [0.25, 0.3) is 11.8 Å². The molecule has 0 saturated heterocycles. The molecule has 28 heavy (non-hydrogen) atoms. The first-order valence-electron chi connectivity index (χ1n) is 8.01. The van der Waals surface area contributed by atoms with Crippen LogP contribution in [0, 0.1) is 0 Å². The molecule has 0 aliphatic heterocycles. The molecule has 2 N–H and O–H groups in total. The number of alkyl halides is 3. The maximum atomic E-state index is 13.3. The van der Waals surface area contributed by atoms with Gasteiger partial charge >= 0.3 is 6.18 Å². The van der Waals surface area contributed by atoms with Gasteiger partial charge < -0.3 is 10.4 Å². The summed E-state index contributed by atoms with van der Waals surface area (Å²) in [6.07, 6.45) is -3.49. The highest BCUT2D eigenvalue weighted by atomic mass is 35.5. The smallest absolute Gasteiger partial charge is 0.395 e. The molecule has 6 nitrogen and oxygen atoms in total. The third kappa shape index (κ3) is 3.71. The lowest BCUT2D eigenvalue weighted by Gasteiger charge is -2.13. The van der Waals surface area contributed by atoms with Crippen molar-refractivity contribution in [1.82, 2.24) is 15.1 Å². The van der Waals surface area contributed by atoms with Gasteiger partial charge in [0.1, 0.15) is 0 Å². The van der Waals surface area contributed by atoms with E-state index in [2.05, 4.69) is 10.4 Å². The number of nitrogens with zero attached hydrogens (tertiary/aromatic N) is 2. The minimum absolute atomic E-state index is 0.0314. The SMILES string of the molecule is O=C(NCCO)c1ccc2cnn(C(=O)c3c(Cl)cccc3C(F)(F)F)c2c1. The number of aliphatic hydroxyl groups is 1. The van der Waals surface area contributed by atoms with Gasteiger partial charge in [-0.25, -0.2) is 0 Å². The number of aliphatic hydroxyl groups excluding tert-OH is 1. The van der Waals surface area contributed by atoms with E-state index in [4.69, 9.17) is 16.7 Å². The molecule has 0 radical (unpaired) electrons. The number of aromatic nitrogens is 2. The van der Waals surface area contributed by atoms with Gasteiger partial charge in [-0.2, -0.15) is 23.0 Å². The van der Waals surface area contributed by atoms with Crippen molar-refractivity contribution >= 4 is 34.3 Å². The second kappa shape index (κ2) is 7.61. The number of hydrogen-bond acceptors (Lipinski definition) is 4. The van der Waals surface area contributed by atoms with Crippen LogP contribution in [0.2, 0.25) is 5.02 Å². The van der Waals surface area contributed by atoms with Crippen molar-refractivity contribution in [2.24, 2.45) is 0 Å². The Hall–Kier alpha value is -2.91. The van der Waals surface area contributed by atoms with Crippen LogP contribution in [-0.2, 0) is 6.18 Å². The topological polar surface area (TPSA) is 84.2 Å². The zero-order valence-electron chi connectivity index (χ0n) is 14.1. The van der Waals surface area contributed by atoms with Gasteiger partial charge in [-0.05, 0) is 24.3 Å². The first-order chi connectivity index (χ1) is 13.2. The molecule has 0 unspecified atom stereocenters. The minimum atomic E-state index is -4.78. The summed E-state index contributed by atoms with van der Waals surface area (Å²) in [5.41, 5.74) is -1.59. The molecule has 2 aromatic carbocycles. The predicted molar refractivity (Wildman–Crippen MR) is 95.3 cm³/mol. The molecule has 3 aromatic rings. The summed E-state index contributed by atoms with van der Waals surface area (Å²) in [6, 6.07) is 7.37. The highest BCUT2D eigenvalue weighted by molar-refractivity contribution is 6.34. The zero-order valence-corrected chi connectivity index (χ0v) is 14.9. The fraction of sp³-hybridized carbons (Fsp3) is 0.167. The molecule has 3 rings (SSSR count). The van der Waals surface area contributed by atoms with E-state index in [-0.39, 0.29) is 29.3 Å². The fourth-order valence-electron chi connectivity index (χ4n) is 2.68. The molecular formula is C18H13ClF3N3O3. The Labute approximate surface area is 161 Å². The average Bonchev–Trinajstić information content (AvgIpc) is 3.07. The van der Waals surface area contributed by atoms with Crippen LogP contribution in [0.15, 0.2) is 42.6 Å². The molecule has 1 amide bonds. The Morgan fingerprint density at radius 3 is 2.64 bits per heavy atom. The number of rotatable bonds is 4. The van der Waals surface area contributed by atoms with E-state index in [0.717, 1.165) is 16.8 Å². The second-order valence-electron chi connectivity index (χ2n) is 5.77. The van der Waals surface area contributed by atoms with E-state index in [0.29, 0.717) is 5.39 Å². The van der Waals surface area contributed by atoms with Gasteiger partial charge in [-0.3, -0.25) is 9.59 Å². The standard InChI is InChI=1S/C18H13ClF3N3O3/c19-13-3-1-2-12(18(20,21)22)15(13)17(28)25-14-8-10(16(27)23-6-7-26)4-5-11(14)9-24-25/h1-5,8-9,26H,6-7H2,(H,23,27). The van der Waals surface area contributed by atoms with E-state index in [1.807, 2.05) is 0 Å². The van der Waals surface area contributed by atoms with Crippen molar-refractivity contribution in [3.05, 3.63) is 64.3 Å². The number of nitrogens with one attached hydrogen (secondary N) is 1. The van der Waals surface area contributed by atoms with Crippen molar-refractivity contribution in [2.45, 2.75) is 6.18 Å². The largest absolute Gasteiger partial charge is 0.417 e. The number of fused-ring (bicyclic) bond motifs is 1. The average molecular weight is 412 g/mol. The third-order valence-corrected chi connectivity index (χ3v) is 4.27. The van der Waals surface area contributed by atoms with E-state index >= 15 is 0 Å². The number of carbonyl (C=O) groups excluding carboxylic acids is 2. The van der Waals surface area contributed by atoms with E-state index < -0.39 is 29.1 Å². The molecule has 0 atom stereocenters. The molecule has 0 bridgehead atoms. The lowest BCUT2D eigenvalue weighted by atomic mass is 10.1. The van der Waals surface area contributed by atoms with E-state index in [9.17, 15) is 22.8 Å².